The van der Waals surface area contributed by atoms with Gasteiger partial charge in [0.25, 0.3) is 10.0 Å². The van der Waals surface area contributed by atoms with Crippen LogP contribution in [0.15, 0.2) is 68.2 Å². The van der Waals surface area contributed by atoms with Gasteiger partial charge in [0.1, 0.15) is 8.55 Å². The first-order chi connectivity index (χ1) is 22.3. The Labute approximate surface area is 299 Å². The molecule has 2 N–H and O–H groups in total. The highest BCUT2D eigenvalue weighted by molar-refractivity contribution is 9.10. The molecule has 1 aromatic heterocycles. The molecule has 2 fully saturated rings. The zero-order valence-electron chi connectivity index (χ0n) is 25.7. The van der Waals surface area contributed by atoms with Crippen molar-refractivity contribution in [3.63, 3.8) is 0 Å². The molecule has 47 heavy (non-hydrogen) atoms. The maximum Gasteiger partial charge on any atom is 0.305 e. The van der Waals surface area contributed by atoms with Crippen molar-refractivity contribution in [3.8, 4) is 0 Å². The van der Waals surface area contributed by atoms with Crippen molar-refractivity contribution in [1.29, 1.82) is 0 Å². The molecule has 0 radical (unpaired) electrons. The van der Waals surface area contributed by atoms with Crippen LogP contribution in [0, 0.1) is 11.8 Å². The molecule has 1 unspecified atom stereocenters. The number of rotatable bonds is 13. The van der Waals surface area contributed by atoms with Crippen LogP contribution in [0.4, 0.5) is 5.69 Å². The molecule has 15 heteroatoms. The lowest BCUT2D eigenvalue weighted by Crippen LogP contribution is -2.38. The molecule has 2 aliphatic rings. The lowest BCUT2D eigenvalue weighted by Gasteiger charge is -2.35. The fourth-order valence-corrected chi connectivity index (χ4v) is 12.0. The number of thiophene rings is 1. The number of nitrogens with zero attached hydrogens (tertiary/aromatic N) is 2. The van der Waals surface area contributed by atoms with Gasteiger partial charge in [0.15, 0.2) is 0 Å². The zero-order chi connectivity index (χ0) is 33.8. The molecule has 256 valence electrons. The minimum atomic E-state index is -4.03. The Hall–Kier alpha value is -1.71. The molecule has 1 atom stereocenters. The second kappa shape index (κ2) is 15.9. The summed E-state index contributed by atoms with van der Waals surface area (Å²) in [6.45, 7) is 2.71. The molecule has 0 saturated carbocycles. The molecule has 0 spiro atoms. The standard InChI is InChI=1S/C32H38BrCl2N3O6S3/c33-26-20-31(45-32(26)35)47(43,44)38-17-13-23(14-18-38)6-4-5-22-11-15-37(16-12-22)29-10-9-25(19-27(29)34)46(41,42)36-28(21-30(39)40)24-7-2-1-3-8-24/h1-3,7-10,19-20,22-23,28,36H,4-6,11-18,21H2,(H,39,40). The Bertz CT molecular complexity index is 1740. The highest BCUT2D eigenvalue weighted by Crippen LogP contribution is 2.38. The van der Waals surface area contributed by atoms with Gasteiger partial charge < -0.3 is 10.0 Å². The minimum absolute atomic E-state index is 0.0140. The van der Waals surface area contributed by atoms with Gasteiger partial charge in [-0.05, 0) is 83.3 Å². The first kappa shape index (κ1) is 36.6. The van der Waals surface area contributed by atoms with Gasteiger partial charge in [0.2, 0.25) is 10.0 Å². The third kappa shape index (κ3) is 9.30. The van der Waals surface area contributed by atoms with E-state index in [4.69, 9.17) is 23.2 Å². The van der Waals surface area contributed by atoms with Crippen molar-refractivity contribution < 1.29 is 26.7 Å². The molecule has 0 bridgehead atoms. The molecule has 2 aromatic carbocycles. The van der Waals surface area contributed by atoms with Gasteiger partial charge in [0.05, 0.1) is 28.1 Å². The summed E-state index contributed by atoms with van der Waals surface area (Å²) < 4.78 is 57.9. The Morgan fingerprint density at radius 2 is 1.55 bits per heavy atom. The second-order valence-electron chi connectivity index (χ2n) is 12.2. The Kier molecular flexibility index (Phi) is 12.4. The number of benzene rings is 2. The Morgan fingerprint density at radius 1 is 0.936 bits per heavy atom. The van der Waals surface area contributed by atoms with E-state index in [1.807, 2.05) is 0 Å². The number of carbonyl (C=O) groups is 1. The van der Waals surface area contributed by atoms with Gasteiger partial charge >= 0.3 is 5.97 Å². The van der Waals surface area contributed by atoms with Gasteiger partial charge in [-0.3, -0.25) is 4.79 Å². The van der Waals surface area contributed by atoms with Crippen LogP contribution in [-0.4, -0.2) is 58.4 Å². The summed E-state index contributed by atoms with van der Waals surface area (Å²) in [4.78, 5) is 13.6. The number of nitrogens with one attached hydrogen (secondary N) is 1. The number of halogens is 3. The van der Waals surface area contributed by atoms with Gasteiger partial charge in [0, 0.05) is 30.7 Å². The van der Waals surface area contributed by atoms with Crippen LogP contribution in [0.1, 0.15) is 63.0 Å². The quantitative estimate of drug-likeness (QED) is 0.181. The Morgan fingerprint density at radius 3 is 2.11 bits per heavy atom. The molecule has 3 heterocycles. The van der Waals surface area contributed by atoms with Crippen molar-refractivity contribution in [2.24, 2.45) is 11.8 Å². The van der Waals surface area contributed by atoms with E-state index in [0.717, 1.165) is 75.1 Å². The van der Waals surface area contributed by atoms with Gasteiger partial charge in [-0.2, -0.15) is 4.31 Å². The van der Waals surface area contributed by atoms with E-state index in [1.165, 1.54) is 12.1 Å². The second-order valence-corrected chi connectivity index (χ2v) is 19.0. The summed E-state index contributed by atoms with van der Waals surface area (Å²) in [6.07, 6.45) is 6.71. The smallest absolute Gasteiger partial charge is 0.305 e. The normalized spacial score (nSPS) is 18.0. The number of carboxylic acid groups (broad SMARTS) is 1. The topological polar surface area (TPSA) is 124 Å². The van der Waals surface area contributed by atoms with E-state index in [9.17, 15) is 26.7 Å². The third-order valence-electron chi connectivity index (χ3n) is 9.08. The maximum atomic E-state index is 13.2. The third-order valence-corrected chi connectivity index (χ3v) is 15.7. The monoisotopic (exact) mass is 805 g/mol. The SMILES string of the molecule is O=C(O)CC(NS(=O)(=O)c1ccc(N2CCC(CCCC3CCN(S(=O)(=O)c4cc(Br)c(Cl)s4)CC3)CC2)c(Cl)c1)c1ccccc1. The molecule has 2 aliphatic heterocycles. The minimum Gasteiger partial charge on any atom is -0.481 e. The average molecular weight is 808 g/mol. The Balaban J connectivity index is 1.07. The predicted octanol–water partition coefficient (Wildman–Crippen LogP) is 7.80. The van der Waals surface area contributed by atoms with Crippen LogP contribution < -0.4 is 9.62 Å². The van der Waals surface area contributed by atoms with E-state index in [1.54, 1.807) is 46.8 Å². The lowest BCUT2D eigenvalue weighted by atomic mass is 9.87. The van der Waals surface area contributed by atoms with Crippen LogP contribution in [-0.2, 0) is 24.8 Å². The molecule has 5 rings (SSSR count). The molecular formula is C32H38BrCl2N3O6S3. The van der Waals surface area contributed by atoms with Gasteiger partial charge in [-0.1, -0.05) is 72.8 Å². The number of anilines is 1. The van der Waals surface area contributed by atoms with E-state index >= 15 is 0 Å². The van der Waals surface area contributed by atoms with E-state index in [-0.39, 0.29) is 9.10 Å². The number of piperidine rings is 2. The number of carboxylic acids is 1. The van der Waals surface area contributed by atoms with Crippen molar-refractivity contribution in [1.82, 2.24) is 9.03 Å². The van der Waals surface area contributed by atoms with Gasteiger partial charge in [-0.25, -0.2) is 21.6 Å². The number of aliphatic carboxylic acids is 1. The molecule has 3 aromatic rings. The van der Waals surface area contributed by atoms with Crippen LogP contribution in [0.5, 0.6) is 0 Å². The average Bonchev–Trinajstić information content (AvgIpc) is 3.40. The molecule has 2 saturated heterocycles. The molecule has 0 amide bonds. The highest BCUT2D eigenvalue weighted by Gasteiger charge is 2.31. The van der Waals surface area contributed by atoms with Crippen LogP contribution >= 0.6 is 50.5 Å². The molecule has 9 nitrogen and oxygen atoms in total. The van der Waals surface area contributed by atoms with Gasteiger partial charge in [-0.15, -0.1) is 11.3 Å². The van der Waals surface area contributed by atoms with Crippen molar-refractivity contribution in [3.05, 3.63) is 74.0 Å². The van der Waals surface area contributed by atoms with E-state index in [0.29, 0.717) is 44.3 Å². The highest BCUT2D eigenvalue weighted by atomic mass is 79.9. The molecule has 0 aliphatic carbocycles. The summed E-state index contributed by atoms with van der Waals surface area (Å²) in [5.41, 5.74) is 1.35. The maximum absolute atomic E-state index is 13.2. The lowest BCUT2D eigenvalue weighted by molar-refractivity contribution is -0.137. The number of hydrogen-bond acceptors (Lipinski definition) is 7. The largest absolute Gasteiger partial charge is 0.481 e. The summed E-state index contributed by atoms with van der Waals surface area (Å²) in [5.74, 6) is 0.0119. The number of sulfonamides is 2. The summed E-state index contributed by atoms with van der Waals surface area (Å²) in [6, 6.07) is 14.0. The predicted molar refractivity (Wildman–Crippen MR) is 191 cm³/mol. The van der Waals surface area contributed by atoms with Crippen molar-refractivity contribution in [2.45, 2.75) is 66.5 Å². The first-order valence-corrected chi connectivity index (χ1v) is 20.9. The molecular weight excluding hydrogens is 769 g/mol. The fourth-order valence-electron chi connectivity index (χ4n) is 6.43. The fraction of sp³-hybridized carbons (Fsp3) is 0.469. The zero-order valence-corrected chi connectivity index (χ0v) is 31.2. The first-order valence-electron chi connectivity index (χ1n) is 15.6. The van der Waals surface area contributed by atoms with E-state index < -0.39 is 38.5 Å². The van der Waals surface area contributed by atoms with Crippen LogP contribution in [0.2, 0.25) is 9.36 Å². The summed E-state index contributed by atoms with van der Waals surface area (Å²) in [5, 5.41) is 9.69. The van der Waals surface area contributed by atoms with E-state index in [2.05, 4.69) is 25.6 Å². The van der Waals surface area contributed by atoms with Crippen LogP contribution in [0.25, 0.3) is 0 Å². The van der Waals surface area contributed by atoms with Crippen molar-refractivity contribution in [2.75, 3.05) is 31.1 Å². The van der Waals surface area contributed by atoms with Crippen LogP contribution in [0.3, 0.4) is 0 Å². The number of hydrogen-bond donors (Lipinski definition) is 2. The van der Waals surface area contributed by atoms with Crippen molar-refractivity contribution >= 4 is 82.2 Å². The summed E-state index contributed by atoms with van der Waals surface area (Å²) in [7, 11) is -7.55. The summed E-state index contributed by atoms with van der Waals surface area (Å²) >= 11 is 17.1.